The number of sulfonamides is 1. The van der Waals surface area contributed by atoms with Gasteiger partial charge in [0, 0.05) is 11.1 Å². The Morgan fingerprint density at radius 2 is 1.62 bits per heavy atom. The van der Waals surface area contributed by atoms with Crippen LogP contribution in [0.25, 0.3) is 0 Å². The van der Waals surface area contributed by atoms with Gasteiger partial charge in [0.2, 0.25) is 10.0 Å². The van der Waals surface area contributed by atoms with Crippen LogP contribution in [0.3, 0.4) is 0 Å². The maximum atomic E-state index is 12.8. The zero-order valence-corrected chi connectivity index (χ0v) is 16.4. The van der Waals surface area contributed by atoms with Crippen molar-refractivity contribution in [3.63, 3.8) is 0 Å². The lowest BCUT2D eigenvalue weighted by Gasteiger charge is -2.23. The highest BCUT2D eigenvalue weighted by Gasteiger charge is 2.27. The van der Waals surface area contributed by atoms with Crippen molar-refractivity contribution in [2.24, 2.45) is 0 Å². The van der Waals surface area contributed by atoms with Crippen LogP contribution in [0.15, 0.2) is 47.4 Å². The fourth-order valence-corrected chi connectivity index (χ4v) is 4.28. The van der Waals surface area contributed by atoms with Crippen LogP contribution in [-0.2, 0) is 10.0 Å². The van der Waals surface area contributed by atoms with Gasteiger partial charge in [0.05, 0.1) is 19.1 Å². The fourth-order valence-electron chi connectivity index (χ4n) is 2.61. The molecule has 0 spiro atoms. The third-order valence-corrected chi connectivity index (χ3v) is 5.50. The Balaban J connectivity index is 2.50. The normalized spacial score (nSPS) is 13.3. The first-order valence-corrected chi connectivity index (χ1v) is 9.60. The maximum Gasteiger partial charge on any atom is 0.241 e. The second kappa shape index (κ2) is 7.65. The number of ether oxygens (including phenoxy) is 2. The van der Waals surface area contributed by atoms with Crippen LogP contribution in [-0.4, -0.2) is 33.3 Å². The van der Waals surface area contributed by atoms with Crippen molar-refractivity contribution in [2.75, 3.05) is 14.2 Å². The molecule has 2 aromatic rings. The molecule has 6 nitrogen and oxygen atoms in total. The van der Waals surface area contributed by atoms with Gasteiger partial charge in [-0.1, -0.05) is 24.3 Å². The summed E-state index contributed by atoms with van der Waals surface area (Å²) >= 11 is 0. The summed E-state index contributed by atoms with van der Waals surface area (Å²) in [7, 11) is -0.775. The number of hydrogen-bond donors (Lipinski definition) is 2. The van der Waals surface area contributed by atoms with Crippen LogP contribution < -0.4 is 14.2 Å². The Hall–Kier alpha value is -2.09. The van der Waals surface area contributed by atoms with Crippen molar-refractivity contribution < 1.29 is 23.0 Å². The highest BCUT2D eigenvalue weighted by atomic mass is 32.2. The minimum absolute atomic E-state index is 0.0391. The van der Waals surface area contributed by atoms with Gasteiger partial charge in [-0.3, -0.25) is 0 Å². The molecule has 0 aliphatic heterocycles. The molecule has 0 heterocycles. The van der Waals surface area contributed by atoms with Crippen LogP contribution >= 0.6 is 0 Å². The van der Waals surface area contributed by atoms with Gasteiger partial charge in [-0.05, 0) is 44.5 Å². The average Bonchev–Trinajstić information content (AvgIpc) is 2.58. The standard InChI is InChI=1S/C19H25NO5S/c1-19(2,3)20-26(22,23)17-9-7-6-8-14(17)18(21)13-10-11-15(24-4)16(12-13)25-5/h6-12,18,20-21H,1-5H3. The number of methoxy groups -OCH3 is 2. The first-order valence-electron chi connectivity index (χ1n) is 8.12. The minimum Gasteiger partial charge on any atom is -0.493 e. The highest BCUT2D eigenvalue weighted by Crippen LogP contribution is 2.34. The van der Waals surface area contributed by atoms with E-state index in [2.05, 4.69) is 4.72 Å². The molecule has 2 aromatic carbocycles. The Morgan fingerprint density at radius 3 is 2.19 bits per heavy atom. The quantitative estimate of drug-likeness (QED) is 0.806. The predicted molar refractivity (Wildman–Crippen MR) is 100 cm³/mol. The lowest BCUT2D eigenvalue weighted by Crippen LogP contribution is -2.40. The van der Waals surface area contributed by atoms with Gasteiger partial charge in [0.25, 0.3) is 0 Å². The third-order valence-electron chi connectivity index (χ3n) is 3.67. The summed E-state index contributed by atoms with van der Waals surface area (Å²) in [5.74, 6) is 0.982. The van der Waals surface area contributed by atoms with E-state index in [1.165, 1.54) is 20.3 Å². The largest absolute Gasteiger partial charge is 0.493 e. The molecule has 0 radical (unpaired) electrons. The lowest BCUT2D eigenvalue weighted by molar-refractivity contribution is 0.216. The van der Waals surface area contributed by atoms with E-state index >= 15 is 0 Å². The number of aliphatic hydroxyl groups is 1. The first kappa shape index (κ1) is 20.2. The summed E-state index contributed by atoms with van der Waals surface area (Å²) in [4.78, 5) is 0.0391. The summed E-state index contributed by atoms with van der Waals surface area (Å²) in [6.07, 6.45) is -1.14. The summed E-state index contributed by atoms with van der Waals surface area (Å²) in [6.45, 7) is 5.29. The van der Waals surface area contributed by atoms with E-state index in [-0.39, 0.29) is 10.5 Å². The molecule has 1 unspecified atom stereocenters. The summed E-state index contributed by atoms with van der Waals surface area (Å²) in [5, 5.41) is 10.8. The van der Waals surface area contributed by atoms with Gasteiger partial charge < -0.3 is 14.6 Å². The van der Waals surface area contributed by atoms with Crippen molar-refractivity contribution in [1.82, 2.24) is 4.72 Å². The molecule has 0 aliphatic rings. The number of nitrogens with one attached hydrogen (secondary N) is 1. The zero-order chi connectivity index (χ0) is 19.5. The summed E-state index contributed by atoms with van der Waals surface area (Å²) in [5.41, 5.74) is 0.151. The summed E-state index contributed by atoms with van der Waals surface area (Å²) in [6, 6.07) is 11.4. The number of benzene rings is 2. The number of hydrogen-bond acceptors (Lipinski definition) is 5. The fraction of sp³-hybridized carbons (Fsp3) is 0.368. The molecule has 142 valence electrons. The molecule has 7 heteroatoms. The SMILES string of the molecule is COc1ccc(C(O)c2ccccc2S(=O)(=O)NC(C)(C)C)cc1OC. The lowest BCUT2D eigenvalue weighted by atomic mass is 10.0. The molecule has 0 saturated heterocycles. The maximum absolute atomic E-state index is 12.8. The van der Waals surface area contributed by atoms with E-state index in [4.69, 9.17) is 9.47 Å². The van der Waals surface area contributed by atoms with Gasteiger partial charge in [0.15, 0.2) is 11.5 Å². The molecule has 1 atom stereocenters. The van der Waals surface area contributed by atoms with E-state index < -0.39 is 21.7 Å². The zero-order valence-electron chi connectivity index (χ0n) is 15.6. The van der Waals surface area contributed by atoms with Crippen LogP contribution in [0.1, 0.15) is 38.0 Å². The van der Waals surface area contributed by atoms with Crippen molar-refractivity contribution in [1.29, 1.82) is 0 Å². The van der Waals surface area contributed by atoms with Crippen molar-refractivity contribution in [2.45, 2.75) is 37.3 Å². The van der Waals surface area contributed by atoms with Crippen LogP contribution in [0, 0.1) is 0 Å². The molecule has 0 saturated carbocycles. The van der Waals surface area contributed by atoms with Crippen LogP contribution in [0.2, 0.25) is 0 Å². The molecule has 0 fully saturated rings. The average molecular weight is 379 g/mol. The molecule has 0 bridgehead atoms. The van der Waals surface area contributed by atoms with Crippen LogP contribution in [0.4, 0.5) is 0 Å². The topological polar surface area (TPSA) is 84.9 Å². The molecule has 26 heavy (non-hydrogen) atoms. The van der Waals surface area contributed by atoms with Crippen molar-refractivity contribution >= 4 is 10.0 Å². The summed E-state index contributed by atoms with van der Waals surface area (Å²) < 4.78 is 38.6. The molecule has 2 N–H and O–H groups in total. The smallest absolute Gasteiger partial charge is 0.241 e. The van der Waals surface area contributed by atoms with E-state index in [0.717, 1.165) is 0 Å². The number of aliphatic hydroxyl groups excluding tert-OH is 1. The van der Waals surface area contributed by atoms with Crippen LogP contribution in [0.5, 0.6) is 11.5 Å². The molecular weight excluding hydrogens is 354 g/mol. The Morgan fingerprint density at radius 1 is 1.00 bits per heavy atom. The molecule has 0 amide bonds. The van der Waals surface area contributed by atoms with Crippen molar-refractivity contribution in [3.05, 3.63) is 53.6 Å². The van der Waals surface area contributed by atoms with Gasteiger partial charge >= 0.3 is 0 Å². The Kier molecular flexibility index (Phi) is 5.95. The van der Waals surface area contributed by atoms with E-state index in [0.29, 0.717) is 17.1 Å². The Bertz CT molecular complexity index is 872. The van der Waals surface area contributed by atoms with Gasteiger partial charge in [-0.15, -0.1) is 0 Å². The molecule has 2 rings (SSSR count). The highest BCUT2D eigenvalue weighted by molar-refractivity contribution is 7.89. The Labute approximate surface area is 154 Å². The van der Waals surface area contributed by atoms with Crippen molar-refractivity contribution in [3.8, 4) is 11.5 Å². The predicted octanol–water partition coefficient (Wildman–Crippen LogP) is 2.86. The second-order valence-electron chi connectivity index (χ2n) is 6.91. The minimum atomic E-state index is -3.80. The van der Waals surface area contributed by atoms with Gasteiger partial charge in [-0.2, -0.15) is 0 Å². The molecule has 0 aromatic heterocycles. The monoisotopic (exact) mass is 379 g/mol. The molecule has 0 aliphatic carbocycles. The van der Waals surface area contributed by atoms with E-state index in [1.54, 1.807) is 57.2 Å². The third kappa shape index (κ3) is 4.55. The second-order valence-corrected chi connectivity index (χ2v) is 8.56. The first-order chi connectivity index (χ1) is 12.1. The van der Waals surface area contributed by atoms with E-state index in [9.17, 15) is 13.5 Å². The molecular formula is C19H25NO5S. The van der Waals surface area contributed by atoms with Gasteiger partial charge in [-0.25, -0.2) is 13.1 Å². The van der Waals surface area contributed by atoms with Gasteiger partial charge in [0.1, 0.15) is 6.10 Å². The number of rotatable bonds is 6. The van der Waals surface area contributed by atoms with E-state index in [1.807, 2.05) is 0 Å².